The number of aryl methyl sites for hydroxylation is 2. The molecule has 1 heterocycles. The summed E-state index contributed by atoms with van der Waals surface area (Å²) >= 11 is 6.32. The van der Waals surface area contributed by atoms with Gasteiger partial charge in [0.05, 0.1) is 23.0 Å². The zero-order chi connectivity index (χ0) is 14.7. The molecule has 0 radical (unpaired) electrons. The molecule has 0 amide bonds. The largest absolute Gasteiger partial charge is 0.379 e. The summed E-state index contributed by atoms with van der Waals surface area (Å²) in [6, 6.07) is 8.52. The maximum Gasteiger partial charge on any atom is 0.0865 e. The highest BCUT2D eigenvalue weighted by atomic mass is 35.5. The molecule has 0 atom stereocenters. The van der Waals surface area contributed by atoms with Gasteiger partial charge in [0.25, 0.3) is 0 Å². The van der Waals surface area contributed by atoms with Gasteiger partial charge in [-0.3, -0.25) is 4.68 Å². The molecule has 2 rings (SSSR count). The predicted molar refractivity (Wildman–Crippen MR) is 85.5 cm³/mol. The number of nitrogens with zero attached hydrogens (tertiary/aromatic N) is 2. The first kappa shape index (κ1) is 14.9. The smallest absolute Gasteiger partial charge is 0.0865 e. The van der Waals surface area contributed by atoms with Crippen molar-refractivity contribution in [1.29, 1.82) is 0 Å². The van der Waals surface area contributed by atoms with Crippen LogP contribution in [0.2, 0.25) is 5.02 Å². The van der Waals surface area contributed by atoms with Crippen molar-refractivity contribution in [2.75, 3.05) is 5.32 Å². The van der Waals surface area contributed by atoms with E-state index in [1.54, 1.807) is 0 Å². The normalized spacial score (nSPS) is 11.1. The van der Waals surface area contributed by atoms with Crippen molar-refractivity contribution < 1.29 is 0 Å². The number of halogens is 1. The minimum absolute atomic E-state index is 0.531. The monoisotopic (exact) mass is 291 g/mol. The van der Waals surface area contributed by atoms with E-state index < -0.39 is 0 Å². The number of rotatable bonds is 5. The summed E-state index contributed by atoms with van der Waals surface area (Å²) in [5.74, 6) is 0.531. The van der Waals surface area contributed by atoms with Crippen LogP contribution in [-0.2, 0) is 13.1 Å². The van der Waals surface area contributed by atoms with Crippen LogP contribution in [0.5, 0.6) is 0 Å². The van der Waals surface area contributed by atoms with Gasteiger partial charge in [0, 0.05) is 12.2 Å². The third-order valence-electron chi connectivity index (χ3n) is 3.47. The fourth-order valence-corrected chi connectivity index (χ4v) is 2.43. The van der Waals surface area contributed by atoms with Crippen LogP contribution in [0.4, 0.5) is 5.69 Å². The summed E-state index contributed by atoms with van der Waals surface area (Å²) < 4.78 is 1.96. The molecular weight excluding hydrogens is 270 g/mol. The molecule has 4 heteroatoms. The van der Waals surface area contributed by atoms with Crippen LogP contribution in [0.25, 0.3) is 0 Å². The third-order valence-corrected chi connectivity index (χ3v) is 3.96. The molecule has 0 unspecified atom stereocenters. The quantitative estimate of drug-likeness (QED) is 0.872. The Hall–Kier alpha value is -1.48. The second-order valence-corrected chi connectivity index (χ2v) is 5.67. The van der Waals surface area contributed by atoms with Crippen molar-refractivity contribution in [3.05, 3.63) is 46.2 Å². The molecule has 0 bridgehead atoms. The van der Waals surface area contributed by atoms with Gasteiger partial charge in [0.15, 0.2) is 0 Å². The fourth-order valence-electron chi connectivity index (χ4n) is 2.23. The Morgan fingerprint density at radius 3 is 2.75 bits per heavy atom. The summed E-state index contributed by atoms with van der Waals surface area (Å²) in [7, 11) is 0. The zero-order valence-electron chi connectivity index (χ0n) is 12.6. The Morgan fingerprint density at radius 1 is 1.35 bits per heavy atom. The van der Waals surface area contributed by atoms with E-state index in [1.165, 1.54) is 5.56 Å². The molecule has 3 nitrogen and oxygen atoms in total. The lowest BCUT2D eigenvalue weighted by Crippen LogP contribution is -2.08. The van der Waals surface area contributed by atoms with Crippen molar-refractivity contribution >= 4 is 17.3 Å². The fraction of sp³-hybridized carbons (Fsp3) is 0.438. The van der Waals surface area contributed by atoms with Gasteiger partial charge in [-0.15, -0.1) is 0 Å². The Kier molecular flexibility index (Phi) is 4.71. The molecule has 0 saturated heterocycles. The highest BCUT2D eigenvalue weighted by Crippen LogP contribution is 2.23. The van der Waals surface area contributed by atoms with Crippen LogP contribution in [0.1, 0.15) is 43.6 Å². The Bertz CT molecular complexity index is 587. The molecule has 1 aromatic heterocycles. The summed E-state index contributed by atoms with van der Waals surface area (Å²) in [5.41, 5.74) is 4.39. The summed E-state index contributed by atoms with van der Waals surface area (Å²) in [6.45, 7) is 9.94. The van der Waals surface area contributed by atoms with E-state index in [4.69, 9.17) is 11.6 Å². The second-order valence-electron chi connectivity index (χ2n) is 5.30. The molecule has 1 aromatic carbocycles. The number of hydrogen-bond acceptors (Lipinski definition) is 2. The Labute approximate surface area is 126 Å². The Morgan fingerprint density at radius 2 is 2.10 bits per heavy atom. The number of benzene rings is 1. The molecule has 2 aromatic rings. The standard InChI is InChI=1S/C16H22ClN3/c1-5-20-15(16(17)12(4)19-20)10-18-14-8-6-7-13(9-14)11(2)3/h6-9,11,18H,5,10H2,1-4H3. The number of anilines is 1. The summed E-state index contributed by atoms with van der Waals surface area (Å²) in [6.07, 6.45) is 0. The third kappa shape index (κ3) is 3.15. The van der Waals surface area contributed by atoms with E-state index in [9.17, 15) is 0 Å². The van der Waals surface area contributed by atoms with Crippen LogP contribution in [0, 0.1) is 6.92 Å². The molecule has 20 heavy (non-hydrogen) atoms. The molecule has 108 valence electrons. The zero-order valence-corrected chi connectivity index (χ0v) is 13.3. The van der Waals surface area contributed by atoms with Crippen LogP contribution in [-0.4, -0.2) is 9.78 Å². The lowest BCUT2D eigenvalue weighted by atomic mass is 10.0. The van der Waals surface area contributed by atoms with Gasteiger partial charge in [0.1, 0.15) is 0 Å². The molecular formula is C16H22ClN3. The van der Waals surface area contributed by atoms with Gasteiger partial charge in [-0.2, -0.15) is 5.10 Å². The number of aromatic nitrogens is 2. The van der Waals surface area contributed by atoms with Crippen molar-refractivity contribution in [2.24, 2.45) is 0 Å². The minimum atomic E-state index is 0.531. The van der Waals surface area contributed by atoms with Crippen LogP contribution >= 0.6 is 11.6 Å². The van der Waals surface area contributed by atoms with Gasteiger partial charge in [-0.05, 0) is 37.5 Å². The van der Waals surface area contributed by atoms with Crippen molar-refractivity contribution in [3.8, 4) is 0 Å². The molecule has 0 aliphatic heterocycles. The molecule has 0 fully saturated rings. The minimum Gasteiger partial charge on any atom is -0.379 e. The van der Waals surface area contributed by atoms with Gasteiger partial charge >= 0.3 is 0 Å². The van der Waals surface area contributed by atoms with Gasteiger partial charge in [-0.1, -0.05) is 37.6 Å². The number of hydrogen-bond donors (Lipinski definition) is 1. The van der Waals surface area contributed by atoms with E-state index >= 15 is 0 Å². The molecule has 0 aliphatic rings. The predicted octanol–water partition coefficient (Wildman–Crippen LogP) is 4.60. The first-order valence-corrected chi connectivity index (χ1v) is 7.46. The summed E-state index contributed by atoms with van der Waals surface area (Å²) in [5, 5.41) is 8.63. The van der Waals surface area contributed by atoms with E-state index in [0.29, 0.717) is 12.5 Å². The molecule has 1 N–H and O–H groups in total. The average Bonchev–Trinajstić information content (AvgIpc) is 2.72. The lowest BCUT2D eigenvalue weighted by molar-refractivity contribution is 0.623. The average molecular weight is 292 g/mol. The van der Waals surface area contributed by atoms with E-state index in [2.05, 4.69) is 55.5 Å². The van der Waals surface area contributed by atoms with Gasteiger partial charge < -0.3 is 5.32 Å². The first-order valence-electron chi connectivity index (χ1n) is 7.08. The molecule has 0 saturated carbocycles. The van der Waals surface area contributed by atoms with Crippen LogP contribution < -0.4 is 5.32 Å². The van der Waals surface area contributed by atoms with E-state index in [1.807, 2.05) is 11.6 Å². The van der Waals surface area contributed by atoms with Crippen molar-refractivity contribution in [1.82, 2.24) is 9.78 Å². The van der Waals surface area contributed by atoms with Gasteiger partial charge in [0.2, 0.25) is 0 Å². The molecule has 0 spiro atoms. The van der Waals surface area contributed by atoms with E-state index in [-0.39, 0.29) is 0 Å². The SMILES string of the molecule is CCn1nc(C)c(Cl)c1CNc1cccc(C(C)C)c1. The summed E-state index contributed by atoms with van der Waals surface area (Å²) in [4.78, 5) is 0. The first-order chi connectivity index (χ1) is 9.52. The van der Waals surface area contributed by atoms with Crippen molar-refractivity contribution in [2.45, 2.75) is 46.7 Å². The van der Waals surface area contributed by atoms with Crippen molar-refractivity contribution in [3.63, 3.8) is 0 Å². The topological polar surface area (TPSA) is 29.9 Å². The number of nitrogens with one attached hydrogen (secondary N) is 1. The highest BCUT2D eigenvalue weighted by Gasteiger charge is 2.12. The lowest BCUT2D eigenvalue weighted by Gasteiger charge is -2.11. The highest BCUT2D eigenvalue weighted by molar-refractivity contribution is 6.31. The second kappa shape index (κ2) is 6.31. The maximum absolute atomic E-state index is 6.32. The van der Waals surface area contributed by atoms with E-state index in [0.717, 1.165) is 28.6 Å². The van der Waals surface area contributed by atoms with Crippen LogP contribution in [0.15, 0.2) is 24.3 Å². The van der Waals surface area contributed by atoms with Gasteiger partial charge in [-0.25, -0.2) is 0 Å². The Balaban J connectivity index is 2.15. The maximum atomic E-state index is 6.32. The molecule has 0 aliphatic carbocycles. The van der Waals surface area contributed by atoms with Crippen LogP contribution in [0.3, 0.4) is 0 Å².